The summed E-state index contributed by atoms with van der Waals surface area (Å²) < 4.78 is 13.0. The summed E-state index contributed by atoms with van der Waals surface area (Å²) in [6, 6.07) is 62.0. The van der Waals surface area contributed by atoms with Crippen molar-refractivity contribution in [3.63, 3.8) is 0 Å². The van der Waals surface area contributed by atoms with E-state index in [9.17, 15) is 0 Å². The second-order valence-electron chi connectivity index (χ2n) is 12.5. The average molecular weight is 628 g/mol. The first-order valence-corrected chi connectivity index (χ1v) is 16.6. The van der Waals surface area contributed by atoms with E-state index in [1.807, 2.05) is 18.2 Å². The molecule has 0 aliphatic carbocycles. The molecule has 0 bridgehead atoms. The normalized spacial score (nSPS) is 11.7. The number of anilines is 3. The van der Waals surface area contributed by atoms with Gasteiger partial charge in [-0.15, -0.1) is 0 Å². The van der Waals surface area contributed by atoms with Crippen LogP contribution in [0.2, 0.25) is 0 Å². The van der Waals surface area contributed by atoms with Gasteiger partial charge in [0, 0.05) is 39.0 Å². The van der Waals surface area contributed by atoms with Crippen LogP contribution in [0.15, 0.2) is 185 Å². The fourth-order valence-electron chi connectivity index (χ4n) is 7.39. The van der Waals surface area contributed by atoms with E-state index in [2.05, 4.69) is 163 Å². The molecule has 0 aliphatic rings. The summed E-state index contributed by atoms with van der Waals surface area (Å²) in [6.45, 7) is 0. The lowest BCUT2D eigenvalue weighted by Gasteiger charge is -2.27. The minimum atomic E-state index is 0.853. The van der Waals surface area contributed by atoms with Crippen molar-refractivity contribution in [3.05, 3.63) is 176 Å². The molecule has 2 aromatic heterocycles. The first-order valence-electron chi connectivity index (χ1n) is 16.6. The van der Waals surface area contributed by atoms with Crippen molar-refractivity contribution in [2.45, 2.75) is 0 Å². The fourth-order valence-corrected chi connectivity index (χ4v) is 7.39. The Balaban J connectivity index is 1.22. The molecule has 0 saturated heterocycles. The summed E-state index contributed by atoms with van der Waals surface area (Å²) >= 11 is 0. The van der Waals surface area contributed by atoms with Crippen LogP contribution >= 0.6 is 0 Å². The fraction of sp³-hybridized carbons (Fsp3) is 0. The monoisotopic (exact) mass is 627 g/mol. The standard InChI is InChI=1S/C46H29NO2/c1-2-12-30(13-3-1)35-15-6-7-16-36(35)31-22-24-33(25-23-31)47(34-26-27-39-38-18-8-10-20-42(38)48-44(39)29-34)41-28-32-14-4-5-17-37(32)46-45(41)40-19-9-11-21-43(40)49-46/h1-29H. The molecule has 0 saturated carbocycles. The first kappa shape index (κ1) is 27.5. The number of para-hydroxylation sites is 2. The maximum atomic E-state index is 6.63. The second-order valence-corrected chi connectivity index (χ2v) is 12.5. The van der Waals surface area contributed by atoms with Crippen molar-refractivity contribution in [1.29, 1.82) is 0 Å². The van der Waals surface area contributed by atoms with Gasteiger partial charge in [-0.1, -0.05) is 127 Å². The third-order valence-electron chi connectivity index (χ3n) is 9.66. The Morgan fingerprint density at radius 2 is 0.939 bits per heavy atom. The van der Waals surface area contributed by atoms with E-state index >= 15 is 0 Å². The van der Waals surface area contributed by atoms with Gasteiger partial charge >= 0.3 is 0 Å². The Kier molecular flexibility index (Phi) is 6.18. The Morgan fingerprint density at radius 3 is 1.71 bits per heavy atom. The minimum Gasteiger partial charge on any atom is -0.456 e. The van der Waals surface area contributed by atoms with E-state index in [0.717, 1.165) is 77.3 Å². The number of furan rings is 2. The van der Waals surface area contributed by atoms with E-state index < -0.39 is 0 Å². The molecule has 0 fully saturated rings. The summed E-state index contributed by atoms with van der Waals surface area (Å²) in [5, 5.41) is 6.60. The van der Waals surface area contributed by atoms with E-state index in [4.69, 9.17) is 8.83 Å². The maximum Gasteiger partial charge on any atom is 0.145 e. The topological polar surface area (TPSA) is 29.5 Å². The zero-order valence-corrected chi connectivity index (χ0v) is 26.5. The Labute approximate surface area is 282 Å². The minimum absolute atomic E-state index is 0.853. The molecule has 2 heterocycles. The molecule has 10 rings (SSSR count). The summed E-state index contributed by atoms with van der Waals surface area (Å²) in [7, 11) is 0. The lowest BCUT2D eigenvalue weighted by Crippen LogP contribution is -2.10. The van der Waals surface area contributed by atoms with Crippen LogP contribution < -0.4 is 4.90 Å². The molecule has 3 nitrogen and oxygen atoms in total. The lowest BCUT2D eigenvalue weighted by molar-refractivity contribution is 0.669. The van der Waals surface area contributed by atoms with Crippen LogP contribution in [-0.2, 0) is 0 Å². The smallest absolute Gasteiger partial charge is 0.145 e. The van der Waals surface area contributed by atoms with Crippen molar-refractivity contribution in [2.24, 2.45) is 0 Å². The predicted molar refractivity (Wildman–Crippen MR) is 204 cm³/mol. The van der Waals surface area contributed by atoms with Gasteiger partial charge in [0.05, 0.1) is 11.1 Å². The van der Waals surface area contributed by atoms with Crippen molar-refractivity contribution < 1.29 is 8.83 Å². The van der Waals surface area contributed by atoms with Gasteiger partial charge < -0.3 is 13.7 Å². The third kappa shape index (κ3) is 4.44. The Hall–Kier alpha value is -6.58. The van der Waals surface area contributed by atoms with Crippen LogP contribution in [0.5, 0.6) is 0 Å². The van der Waals surface area contributed by atoms with Crippen molar-refractivity contribution in [1.82, 2.24) is 0 Å². The van der Waals surface area contributed by atoms with E-state index in [1.54, 1.807) is 0 Å². The number of benzene rings is 8. The number of hydrogen-bond donors (Lipinski definition) is 0. The SMILES string of the molecule is c1ccc(-c2ccccc2-c2ccc(N(c3ccc4c(c3)oc3ccccc34)c3cc4ccccc4c4oc5ccccc5c34)cc2)cc1. The number of hydrogen-bond acceptors (Lipinski definition) is 3. The highest BCUT2D eigenvalue weighted by atomic mass is 16.3. The molecule has 0 aliphatic heterocycles. The van der Waals surface area contributed by atoms with E-state index in [-0.39, 0.29) is 0 Å². The highest BCUT2D eigenvalue weighted by Gasteiger charge is 2.23. The zero-order chi connectivity index (χ0) is 32.3. The molecule has 10 aromatic rings. The van der Waals surface area contributed by atoms with Crippen LogP contribution in [0.3, 0.4) is 0 Å². The second kappa shape index (κ2) is 11.0. The molecule has 0 unspecified atom stereocenters. The van der Waals surface area contributed by atoms with Gasteiger partial charge in [0.1, 0.15) is 22.3 Å². The van der Waals surface area contributed by atoms with Gasteiger partial charge in [-0.25, -0.2) is 0 Å². The lowest BCUT2D eigenvalue weighted by atomic mass is 9.94. The van der Waals surface area contributed by atoms with Crippen LogP contribution in [0.25, 0.3) is 76.9 Å². The molecule has 3 heteroatoms. The van der Waals surface area contributed by atoms with Gasteiger partial charge in [-0.2, -0.15) is 0 Å². The maximum absolute atomic E-state index is 6.63. The summed E-state index contributed by atoms with van der Waals surface area (Å²) in [6.07, 6.45) is 0. The molecule has 0 radical (unpaired) electrons. The molecule has 0 amide bonds. The van der Waals surface area contributed by atoms with Crippen LogP contribution in [0.4, 0.5) is 17.1 Å². The van der Waals surface area contributed by atoms with Gasteiger partial charge in [0.25, 0.3) is 0 Å². The molecular weight excluding hydrogens is 599 g/mol. The van der Waals surface area contributed by atoms with Gasteiger partial charge in [0.2, 0.25) is 0 Å². The Bertz CT molecular complexity index is 2830. The zero-order valence-electron chi connectivity index (χ0n) is 26.5. The van der Waals surface area contributed by atoms with Crippen LogP contribution in [-0.4, -0.2) is 0 Å². The van der Waals surface area contributed by atoms with E-state index in [1.165, 1.54) is 16.7 Å². The van der Waals surface area contributed by atoms with Crippen LogP contribution in [0.1, 0.15) is 0 Å². The summed E-state index contributed by atoms with van der Waals surface area (Å²) in [4.78, 5) is 2.34. The van der Waals surface area contributed by atoms with Crippen molar-refractivity contribution >= 4 is 71.7 Å². The molecule has 0 spiro atoms. The highest BCUT2D eigenvalue weighted by molar-refractivity contribution is 6.22. The average Bonchev–Trinajstić information content (AvgIpc) is 3.75. The predicted octanol–water partition coefficient (Wildman–Crippen LogP) is 13.4. The Morgan fingerprint density at radius 1 is 0.367 bits per heavy atom. The van der Waals surface area contributed by atoms with E-state index in [0.29, 0.717) is 0 Å². The van der Waals surface area contributed by atoms with Gasteiger partial charge in [-0.3, -0.25) is 0 Å². The highest BCUT2D eigenvalue weighted by Crippen LogP contribution is 2.47. The number of nitrogens with zero attached hydrogens (tertiary/aromatic N) is 1. The third-order valence-corrected chi connectivity index (χ3v) is 9.66. The molecule has 0 atom stereocenters. The van der Waals surface area contributed by atoms with Gasteiger partial charge in [0.15, 0.2) is 0 Å². The summed E-state index contributed by atoms with van der Waals surface area (Å²) in [5.41, 5.74) is 11.4. The van der Waals surface area contributed by atoms with Crippen LogP contribution in [0, 0.1) is 0 Å². The van der Waals surface area contributed by atoms with Gasteiger partial charge in [-0.05, 0) is 70.1 Å². The quantitative estimate of drug-likeness (QED) is 0.190. The van der Waals surface area contributed by atoms with Crippen molar-refractivity contribution in [2.75, 3.05) is 4.90 Å². The molecule has 230 valence electrons. The summed E-state index contributed by atoms with van der Waals surface area (Å²) in [5.74, 6) is 0. The molecule has 49 heavy (non-hydrogen) atoms. The molecule has 8 aromatic carbocycles. The first-order chi connectivity index (χ1) is 24.3. The largest absolute Gasteiger partial charge is 0.456 e. The molecule has 0 N–H and O–H groups in total. The molecular formula is C46H29NO2. The number of rotatable bonds is 5. The van der Waals surface area contributed by atoms with Crippen molar-refractivity contribution in [3.8, 4) is 22.3 Å². The number of fused-ring (bicyclic) bond motifs is 8.